The van der Waals surface area contributed by atoms with E-state index in [9.17, 15) is 0 Å². The first-order valence-corrected chi connectivity index (χ1v) is 7.06. The van der Waals surface area contributed by atoms with Crippen LogP contribution in [0.25, 0.3) is 0 Å². The van der Waals surface area contributed by atoms with Crippen LogP contribution in [0.5, 0.6) is 0 Å². The maximum Gasteiger partial charge on any atom is 0.0992 e. The van der Waals surface area contributed by atoms with Gasteiger partial charge in [0.15, 0.2) is 0 Å². The van der Waals surface area contributed by atoms with Gasteiger partial charge in [0, 0.05) is 11.6 Å². The molecule has 0 bridgehead atoms. The van der Waals surface area contributed by atoms with Gasteiger partial charge in [-0.15, -0.1) is 11.3 Å². The number of nitrogens with one attached hydrogen (secondary N) is 1. The molecule has 16 heavy (non-hydrogen) atoms. The Hall–Kier alpha value is 0.200. The summed E-state index contributed by atoms with van der Waals surface area (Å²) in [6.07, 6.45) is 3.38. The highest BCUT2D eigenvalue weighted by Crippen LogP contribution is 2.37. The van der Waals surface area contributed by atoms with E-state index < -0.39 is 0 Å². The Kier molecular flexibility index (Phi) is 6.08. The van der Waals surface area contributed by atoms with Crippen LogP contribution in [0.1, 0.15) is 44.7 Å². The molecule has 0 aliphatic carbocycles. The van der Waals surface area contributed by atoms with Crippen molar-refractivity contribution in [3.8, 4) is 0 Å². The summed E-state index contributed by atoms with van der Waals surface area (Å²) in [5, 5.41) is 0. The van der Waals surface area contributed by atoms with Crippen LogP contribution in [0, 0.1) is 5.92 Å². The maximum atomic E-state index is 6.12. The topological polar surface area (TPSA) is 38.0 Å². The monoisotopic (exact) mass is 280 g/mol. The zero-order valence-corrected chi connectivity index (χ0v) is 11.9. The molecule has 0 saturated carbocycles. The first kappa shape index (κ1) is 14.3. The molecule has 2 unspecified atom stereocenters. The minimum atomic E-state index is 0.0952. The number of nitrogens with two attached hydrogens (primary N) is 1. The molecule has 3 N–H and O–H groups in total. The van der Waals surface area contributed by atoms with Crippen molar-refractivity contribution in [1.82, 2.24) is 5.43 Å². The van der Waals surface area contributed by atoms with Crippen LogP contribution in [0.3, 0.4) is 0 Å². The summed E-state index contributed by atoms with van der Waals surface area (Å²) in [5.41, 5.74) is 3.84. The summed E-state index contributed by atoms with van der Waals surface area (Å²) in [4.78, 5) is 0. The van der Waals surface area contributed by atoms with Crippen LogP contribution in [0.2, 0.25) is 8.67 Å². The molecular formula is C11H18Cl2N2S. The molecule has 5 heteroatoms. The van der Waals surface area contributed by atoms with Crippen LogP contribution >= 0.6 is 34.5 Å². The van der Waals surface area contributed by atoms with Gasteiger partial charge in [0.25, 0.3) is 0 Å². The molecule has 0 amide bonds. The first-order chi connectivity index (χ1) is 7.58. The molecule has 0 aromatic carbocycles. The zero-order valence-electron chi connectivity index (χ0n) is 9.59. The smallest absolute Gasteiger partial charge is 0.0992 e. The summed E-state index contributed by atoms with van der Waals surface area (Å²) < 4.78 is 1.44. The minimum Gasteiger partial charge on any atom is -0.271 e. The Labute approximate surface area is 111 Å². The fourth-order valence-corrected chi connectivity index (χ4v) is 3.47. The van der Waals surface area contributed by atoms with Gasteiger partial charge < -0.3 is 0 Å². The van der Waals surface area contributed by atoms with E-state index in [-0.39, 0.29) is 6.04 Å². The number of hydrogen-bond acceptors (Lipinski definition) is 3. The normalized spacial score (nSPS) is 15.1. The van der Waals surface area contributed by atoms with Crippen molar-refractivity contribution in [3.63, 3.8) is 0 Å². The predicted octanol–water partition coefficient (Wildman–Crippen LogP) is 4.39. The van der Waals surface area contributed by atoms with E-state index >= 15 is 0 Å². The molecule has 2 atom stereocenters. The Morgan fingerprint density at radius 1 is 1.50 bits per heavy atom. The van der Waals surface area contributed by atoms with Gasteiger partial charge in [0.05, 0.1) is 8.67 Å². The van der Waals surface area contributed by atoms with Gasteiger partial charge in [-0.05, 0) is 18.4 Å². The van der Waals surface area contributed by atoms with Crippen molar-refractivity contribution in [3.05, 3.63) is 20.3 Å². The van der Waals surface area contributed by atoms with Gasteiger partial charge in [0.2, 0.25) is 0 Å². The first-order valence-electron chi connectivity index (χ1n) is 5.49. The number of hydrogen-bond donors (Lipinski definition) is 2. The summed E-state index contributed by atoms with van der Waals surface area (Å²) in [6, 6.07) is 2.00. The third-order valence-corrected chi connectivity index (χ3v) is 4.20. The third kappa shape index (κ3) is 3.90. The molecule has 0 fully saturated rings. The molecule has 1 rings (SSSR count). The number of thiophene rings is 1. The van der Waals surface area contributed by atoms with E-state index in [1.54, 1.807) is 0 Å². The van der Waals surface area contributed by atoms with Crippen LogP contribution in [0.4, 0.5) is 0 Å². The van der Waals surface area contributed by atoms with Gasteiger partial charge in [-0.1, -0.05) is 49.9 Å². The van der Waals surface area contributed by atoms with Gasteiger partial charge in [-0.2, -0.15) is 0 Å². The number of hydrazine groups is 1. The molecule has 1 heterocycles. The van der Waals surface area contributed by atoms with Crippen molar-refractivity contribution in [2.24, 2.45) is 11.8 Å². The third-order valence-electron chi connectivity index (χ3n) is 2.68. The van der Waals surface area contributed by atoms with E-state index in [2.05, 4.69) is 19.3 Å². The predicted molar refractivity (Wildman–Crippen MR) is 73.1 cm³/mol. The quantitative estimate of drug-likeness (QED) is 0.599. The summed E-state index contributed by atoms with van der Waals surface area (Å²) in [6.45, 7) is 4.42. The minimum absolute atomic E-state index is 0.0952. The van der Waals surface area contributed by atoms with Crippen molar-refractivity contribution < 1.29 is 0 Å². The zero-order chi connectivity index (χ0) is 12.1. The van der Waals surface area contributed by atoms with E-state index in [4.69, 9.17) is 29.0 Å². The summed E-state index contributed by atoms with van der Waals surface area (Å²) in [5.74, 6) is 6.21. The molecule has 0 radical (unpaired) electrons. The molecule has 0 saturated heterocycles. The Balaban J connectivity index is 2.70. The molecule has 1 aromatic heterocycles. The number of rotatable bonds is 6. The maximum absolute atomic E-state index is 6.12. The Morgan fingerprint density at radius 2 is 2.19 bits per heavy atom. The lowest BCUT2D eigenvalue weighted by molar-refractivity contribution is 0.395. The van der Waals surface area contributed by atoms with E-state index in [1.807, 2.05) is 6.07 Å². The highest BCUT2D eigenvalue weighted by Gasteiger charge is 2.18. The molecule has 0 spiro atoms. The SMILES string of the molecule is CCCC(C)CC(NN)c1cc(Cl)sc1Cl. The fraction of sp³-hybridized carbons (Fsp3) is 0.636. The average Bonchev–Trinajstić information content (AvgIpc) is 2.55. The highest BCUT2D eigenvalue weighted by atomic mass is 35.5. The van der Waals surface area contributed by atoms with Crippen LogP contribution < -0.4 is 11.3 Å². The molecule has 1 aromatic rings. The van der Waals surface area contributed by atoms with Crippen LogP contribution in [-0.2, 0) is 0 Å². The second-order valence-corrected chi connectivity index (χ2v) is 6.41. The lowest BCUT2D eigenvalue weighted by Crippen LogP contribution is -2.29. The van der Waals surface area contributed by atoms with Gasteiger partial charge in [0.1, 0.15) is 0 Å². The highest BCUT2D eigenvalue weighted by molar-refractivity contribution is 7.20. The average molecular weight is 281 g/mol. The van der Waals surface area contributed by atoms with Crippen LogP contribution in [0.15, 0.2) is 6.07 Å². The van der Waals surface area contributed by atoms with Gasteiger partial charge in [-0.25, -0.2) is 0 Å². The summed E-state index contributed by atoms with van der Waals surface area (Å²) in [7, 11) is 0. The Morgan fingerprint density at radius 3 is 2.62 bits per heavy atom. The molecular weight excluding hydrogens is 263 g/mol. The van der Waals surface area contributed by atoms with Gasteiger partial charge >= 0.3 is 0 Å². The second kappa shape index (κ2) is 6.82. The van der Waals surface area contributed by atoms with Crippen molar-refractivity contribution in [2.75, 3.05) is 0 Å². The van der Waals surface area contributed by atoms with Crippen molar-refractivity contribution in [1.29, 1.82) is 0 Å². The van der Waals surface area contributed by atoms with E-state index in [0.717, 1.165) is 16.3 Å². The van der Waals surface area contributed by atoms with Crippen LogP contribution in [-0.4, -0.2) is 0 Å². The lowest BCUT2D eigenvalue weighted by atomic mass is 9.95. The Bertz CT molecular complexity index is 328. The van der Waals surface area contributed by atoms with E-state index in [1.165, 1.54) is 24.2 Å². The van der Waals surface area contributed by atoms with E-state index in [0.29, 0.717) is 10.3 Å². The molecule has 0 aliphatic heterocycles. The lowest BCUT2D eigenvalue weighted by Gasteiger charge is -2.19. The van der Waals surface area contributed by atoms with Gasteiger partial charge in [-0.3, -0.25) is 11.3 Å². The molecule has 2 nitrogen and oxygen atoms in total. The summed E-state index contributed by atoms with van der Waals surface area (Å²) >= 11 is 13.4. The second-order valence-electron chi connectivity index (χ2n) is 4.13. The largest absolute Gasteiger partial charge is 0.271 e. The molecule has 92 valence electrons. The fourth-order valence-electron chi connectivity index (χ4n) is 1.89. The standard InChI is InChI=1S/C11H18Cl2N2S/c1-3-4-7(2)5-9(15-14)8-6-10(12)16-11(8)13/h6-7,9,15H,3-5,14H2,1-2H3. The number of halogens is 2. The van der Waals surface area contributed by atoms with Crippen molar-refractivity contribution in [2.45, 2.75) is 39.2 Å². The van der Waals surface area contributed by atoms with Crippen molar-refractivity contribution >= 4 is 34.5 Å². The molecule has 0 aliphatic rings.